The second-order valence-corrected chi connectivity index (χ2v) is 16.9. The Morgan fingerprint density at radius 2 is 1.23 bits per heavy atom. The Kier molecular flexibility index (Phi) is 4.99. The second-order valence-electron chi connectivity index (χ2n) is 9.01. The van der Waals surface area contributed by atoms with Crippen LogP contribution < -0.4 is 0 Å². The summed E-state index contributed by atoms with van der Waals surface area (Å²) in [5.41, 5.74) is 3.31. The van der Waals surface area contributed by atoms with E-state index in [2.05, 4.69) is 13.2 Å². The molecule has 0 saturated carbocycles. The summed E-state index contributed by atoms with van der Waals surface area (Å²) in [5.74, 6) is -3.59. The molecule has 9 heteroatoms. The molecule has 2 fully saturated rings. The number of carbonyl (C=O) groups excluding carboxylic acids is 4. The predicted molar refractivity (Wildman–Crippen MR) is 116 cm³/mol. The Hall–Kier alpha value is -2.37. The van der Waals surface area contributed by atoms with E-state index >= 15 is 0 Å². The van der Waals surface area contributed by atoms with Gasteiger partial charge in [-0.15, -0.1) is 13.2 Å². The quantitative estimate of drug-likeness (QED) is 0.261. The molecule has 0 N–H and O–H groups in total. The molecule has 4 aliphatic rings. The van der Waals surface area contributed by atoms with Crippen LogP contribution in [0.4, 0.5) is 0 Å². The zero-order valence-electron chi connectivity index (χ0n) is 17.7. The zero-order chi connectivity index (χ0) is 22.7. The highest BCUT2D eigenvalue weighted by molar-refractivity contribution is 6.96. The van der Waals surface area contributed by atoms with Crippen molar-refractivity contribution >= 4 is 40.5 Å². The van der Waals surface area contributed by atoms with E-state index in [1.165, 1.54) is 0 Å². The lowest BCUT2D eigenvalue weighted by atomic mass is 9.84. The molecule has 6 atom stereocenters. The number of fused-ring (bicyclic) bond motifs is 2. The predicted octanol–water partition coefficient (Wildman–Crippen LogP) is 3.18. The lowest BCUT2D eigenvalue weighted by Crippen LogP contribution is -2.63. The van der Waals surface area contributed by atoms with Crippen molar-refractivity contribution in [2.45, 2.75) is 48.9 Å². The van der Waals surface area contributed by atoms with Gasteiger partial charge in [0.25, 0.3) is 0 Å². The van der Waals surface area contributed by atoms with E-state index in [-0.39, 0.29) is 0 Å². The molecule has 0 aromatic carbocycles. The molecule has 0 spiro atoms. The van der Waals surface area contributed by atoms with Crippen molar-refractivity contribution in [3.05, 3.63) is 48.9 Å². The summed E-state index contributed by atoms with van der Waals surface area (Å²) in [6.07, 6.45) is 8.87. The molecule has 7 nitrogen and oxygen atoms in total. The molecule has 2 aliphatic heterocycles. The van der Waals surface area contributed by atoms with Crippen LogP contribution in [-0.2, 0) is 32.8 Å². The van der Waals surface area contributed by atoms with Crippen LogP contribution in [0.15, 0.2) is 48.9 Å². The molecule has 2 aliphatic carbocycles. The fraction of sp³-hybridized carbons (Fsp3) is 0.455. The third kappa shape index (κ3) is 2.60. The highest BCUT2D eigenvalue weighted by Gasteiger charge is 2.73. The number of hydrogen-bond donors (Lipinski definition) is 0. The van der Waals surface area contributed by atoms with Gasteiger partial charge >= 0.3 is 23.9 Å². The highest BCUT2D eigenvalue weighted by atomic mass is 28.4. The van der Waals surface area contributed by atoms with Gasteiger partial charge in [0.1, 0.15) is 10.1 Å². The third-order valence-corrected chi connectivity index (χ3v) is 17.8. The van der Waals surface area contributed by atoms with Gasteiger partial charge in [-0.1, -0.05) is 35.7 Å². The Morgan fingerprint density at radius 3 is 1.58 bits per heavy atom. The average Bonchev–Trinajstić information content (AvgIpc) is 3.19. The average molecular weight is 459 g/mol. The van der Waals surface area contributed by atoms with Gasteiger partial charge < -0.3 is 13.6 Å². The first kappa shape index (κ1) is 21.9. The lowest BCUT2D eigenvalue weighted by molar-refractivity contribution is -0.155. The molecule has 164 valence electrons. The maximum Gasteiger partial charge on any atom is 0.320 e. The Balaban J connectivity index is 1.85. The molecule has 2 saturated heterocycles. The van der Waals surface area contributed by atoms with E-state index in [0.29, 0.717) is 25.7 Å². The zero-order valence-corrected chi connectivity index (χ0v) is 19.7. The van der Waals surface area contributed by atoms with Gasteiger partial charge in [0.05, 0.1) is 11.8 Å². The second kappa shape index (κ2) is 7.08. The van der Waals surface area contributed by atoms with Gasteiger partial charge in [0.15, 0.2) is 0 Å². The van der Waals surface area contributed by atoms with Crippen LogP contribution in [0.25, 0.3) is 0 Å². The number of allylic oxidation sites excluding steroid dienone is 4. The number of ether oxygens (including phenoxy) is 2. The fourth-order valence-corrected chi connectivity index (χ4v) is 16.0. The van der Waals surface area contributed by atoms with Crippen molar-refractivity contribution < 1.29 is 32.8 Å². The normalized spacial score (nSPS) is 37.9. The third-order valence-electron chi connectivity index (χ3n) is 7.81. The van der Waals surface area contributed by atoms with Gasteiger partial charge in [0, 0.05) is 0 Å². The Morgan fingerprint density at radius 1 is 0.839 bits per heavy atom. The molecule has 0 aromatic heterocycles. The van der Waals surface area contributed by atoms with Crippen LogP contribution in [-0.4, -0.2) is 40.5 Å². The van der Waals surface area contributed by atoms with Crippen molar-refractivity contribution in [2.24, 2.45) is 11.8 Å². The van der Waals surface area contributed by atoms with E-state index in [0.717, 1.165) is 0 Å². The monoisotopic (exact) mass is 458 g/mol. The topological polar surface area (TPSA) is 96.0 Å². The summed E-state index contributed by atoms with van der Waals surface area (Å²) in [7, 11) is -6.54. The minimum atomic E-state index is -3.27. The first-order chi connectivity index (χ1) is 14.6. The van der Waals surface area contributed by atoms with Crippen LogP contribution in [0.2, 0.25) is 23.2 Å². The molecule has 31 heavy (non-hydrogen) atoms. The minimum absolute atomic E-state index is 0.304. The summed E-state index contributed by atoms with van der Waals surface area (Å²) < 4.78 is 17.1. The molecule has 0 bridgehead atoms. The molecular formula is C22H26O7Si2. The molecular weight excluding hydrogens is 432 g/mol. The van der Waals surface area contributed by atoms with Crippen molar-refractivity contribution in [3.63, 3.8) is 0 Å². The Labute approximate surface area is 183 Å². The van der Waals surface area contributed by atoms with Crippen LogP contribution in [0, 0.1) is 11.8 Å². The van der Waals surface area contributed by atoms with Gasteiger partial charge in [-0.2, -0.15) is 0 Å². The Bertz CT molecular complexity index is 895. The summed E-state index contributed by atoms with van der Waals surface area (Å²) in [6.45, 7) is 11.7. The van der Waals surface area contributed by atoms with E-state index < -0.39 is 62.4 Å². The fourth-order valence-electron chi connectivity index (χ4n) is 5.82. The highest BCUT2D eigenvalue weighted by Crippen LogP contribution is 2.63. The number of esters is 4. The van der Waals surface area contributed by atoms with Crippen molar-refractivity contribution in [3.8, 4) is 0 Å². The molecule has 2 heterocycles. The molecule has 4 rings (SSSR count). The van der Waals surface area contributed by atoms with E-state index in [1.807, 2.05) is 37.4 Å². The van der Waals surface area contributed by atoms with Crippen molar-refractivity contribution in [1.82, 2.24) is 0 Å². The number of carbonyl (C=O) groups is 4. The minimum Gasteiger partial charge on any atom is -0.448 e. The van der Waals surface area contributed by atoms with Gasteiger partial charge in [-0.3, -0.25) is 19.2 Å². The van der Waals surface area contributed by atoms with Crippen molar-refractivity contribution in [2.75, 3.05) is 0 Å². The molecule has 0 aromatic rings. The maximum atomic E-state index is 13.1. The van der Waals surface area contributed by atoms with Gasteiger partial charge in [0.2, 0.25) is 16.6 Å². The SMILES string of the molecule is C=C[Si](C)(O[Si](C)(C=C)C12CC=CCC1C(=O)OC2=O)C12CC=CCC1C(=O)OC2=O. The summed E-state index contributed by atoms with van der Waals surface area (Å²) >= 11 is 0. The van der Waals surface area contributed by atoms with E-state index in [1.54, 1.807) is 11.4 Å². The van der Waals surface area contributed by atoms with E-state index in [9.17, 15) is 19.2 Å². The molecule has 6 unspecified atom stereocenters. The lowest BCUT2D eigenvalue weighted by Gasteiger charge is -2.51. The van der Waals surface area contributed by atoms with Crippen LogP contribution >= 0.6 is 0 Å². The first-order valence-electron chi connectivity index (χ1n) is 10.4. The standard InChI is InChI=1S/C22H26O7Si2/c1-5-30(3,21-13-9-7-11-15(21)17(23)27-19(21)25)29-31(4,6-2)22-14-10-8-12-16(22)18(24)28-20(22)26/h5-10,15-16H,1-2,11-14H2,3-4H3. The van der Waals surface area contributed by atoms with Gasteiger partial charge in [-0.05, 0) is 38.8 Å². The first-order valence-corrected chi connectivity index (χ1v) is 15.4. The summed E-state index contributed by atoms with van der Waals surface area (Å²) in [6, 6.07) is 0. The number of hydrogen-bond acceptors (Lipinski definition) is 7. The largest absolute Gasteiger partial charge is 0.448 e. The van der Waals surface area contributed by atoms with Crippen molar-refractivity contribution in [1.29, 1.82) is 0 Å². The molecule has 0 radical (unpaired) electrons. The summed E-state index contributed by atoms with van der Waals surface area (Å²) in [5, 5.41) is -2.33. The van der Waals surface area contributed by atoms with Gasteiger partial charge in [-0.25, -0.2) is 0 Å². The number of rotatable bonds is 6. The van der Waals surface area contributed by atoms with Crippen LogP contribution in [0.5, 0.6) is 0 Å². The number of cyclic esters (lactones) is 4. The maximum absolute atomic E-state index is 13.1. The molecule has 0 amide bonds. The van der Waals surface area contributed by atoms with E-state index in [4.69, 9.17) is 13.6 Å². The summed E-state index contributed by atoms with van der Waals surface area (Å²) in [4.78, 5) is 51.2. The smallest absolute Gasteiger partial charge is 0.320 e. The van der Waals surface area contributed by atoms with Crippen LogP contribution in [0.1, 0.15) is 25.7 Å². The van der Waals surface area contributed by atoms with Crippen LogP contribution in [0.3, 0.4) is 0 Å².